The van der Waals surface area contributed by atoms with Crippen molar-refractivity contribution < 1.29 is 9.59 Å². The van der Waals surface area contributed by atoms with E-state index in [-0.39, 0.29) is 18.2 Å². The van der Waals surface area contributed by atoms with E-state index in [0.717, 1.165) is 5.69 Å². The van der Waals surface area contributed by atoms with E-state index in [9.17, 15) is 9.59 Å². The summed E-state index contributed by atoms with van der Waals surface area (Å²) in [5, 5.41) is 11.5. The number of hydrogen-bond donors (Lipinski definition) is 2. The van der Waals surface area contributed by atoms with Crippen LogP contribution < -0.4 is 10.6 Å². The van der Waals surface area contributed by atoms with Crippen LogP contribution in [0.25, 0.3) is 0 Å². The molecule has 0 aliphatic rings. The number of hydrogen-bond acceptors (Lipinski definition) is 5. The summed E-state index contributed by atoms with van der Waals surface area (Å²) >= 11 is 2.77. The quantitative estimate of drug-likeness (QED) is 0.642. The summed E-state index contributed by atoms with van der Waals surface area (Å²) < 4.78 is 0. The SMILES string of the molecule is CC(C)c1ccc(NC(=O)Cc2csc(NC(=O)c3ccsc3)n2)cc1. The first-order valence-corrected chi connectivity index (χ1v) is 10.0. The number of carbonyl (C=O) groups excluding carboxylic acids is 2. The van der Waals surface area contributed by atoms with Crippen molar-refractivity contribution in [2.45, 2.75) is 26.2 Å². The summed E-state index contributed by atoms with van der Waals surface area (Å²) in [6.45, 7) is 4.26. The predicted octanol–water partition coefficient (Wildman–Crippen LogP) is 4.76. The molecule has 0 unspecified atom stereocenters. The molecule has 0 saturated carbocycles. The van der Waals surface area contributed by atoms with Crippen LogP contribution in [0.3, 0.4) is 0 Å². The number of thiophene rings is 1. The maximum Gasteiger partial charge on any atom is 0.258 e. The fourth-order valence-corrected chi connectivity index (χ4v) is 3.67. The Balaban J connectivity index is 1.55. The van der Waals surface area contributed by atoms with Gasteiger partial charge in [-0.05, 0) is 35.1 Å². The van der Waals surface area contributed by atoms with E-state index in [0.29, 0.717) is 22.3 Å². The summed E-state index contributed by atoms with van der Waals surface area (Å²) in [5.74, 6) is 0.127. The van der Waals surface area contributed by atoms with Crippen molar-refractivity contribution in [1.82, 2.24) is 4.98 Å². The molecule has 0 atom stereocenters. The first kappa shape index (κ1) is 18.3. The molecule has 3 aromatic rings. The van der Waals surface area contributed by atoms with Crippen LogP contribution in [0.15, 0.2) is 46.5 Å². The molecule has 0 spiro atoms. The Labute approximate surface area is 160 Å². The number of nitrogens with one attached hydrogen (secondary N) is 2. The molecule has 0 radical (unpaired) electrons. The van der Waals surface area contributed by atoms with Crippen molar-refractivity contribution in [3.8, 4) is 0 Å². The lowest BCUT2D eigenvalue weighted by molar-refractivity contribution is -0.115. The molecular weight excluding hydrogens is 366 g/mol. The minimum absolute atomic E-state index is 0.136. The molecule has 0 saturated heterocycles. The Morgan fingerprint density at radius 2 is 1.85 bits per heavy atom. The number of anilines is 2. The zero-order valence-electron chi connectivity index (χ0n) is 14.5. The topological polar surface area (TPSA) is 71.1 Å². The highest BCUT2D eigenvalue weighted by Crippen LogP contribution is 2.19. The number of benzene rings is 1. The maximum atomic E-state index is 12.2. The Bertz CT molecular complexity index is 884. The lowest BCUT2D eigenvalue weighted by atomic mass is 10.0. The van der Waals surface area contributed by atoms with Crippen molar-refractivity contribution in [3.05, 3.63) is 63.3 Å². The summed E-state index contributed by atoms with van der Waals surface area (Å²) in [5.41, 5.74) is 3.23. The number of carbonyl (C=O) groups is 2. The molecule has 2 amide bonds. The summed E-state index contributed by atoms with van der Waals surface area (Å²) in [7, 11) is 0. The molecule has 7 heteroatoms. The van der Waals surface area contributed by atoms with Gasteiger partial charge in [0, 0.05) is 16.4 Å². The Hall–Kier alpha value is -2.51. The van der Waals surface area contributed by atoms with E-state index in [1.165, 1.54) is 28.2 Å². The van der Waals surface area contributed by atoms with Crippen LogP contribution >= 0.6 is 22.7 Å². The van der Waals surface area contributed by atoms with Crippen LogP contribution in [0, 0.1) is 0 Å². The second kappa shape index (κ2) is 8.25. The van der Waals surface area contributed by atoms with Crippen molar-refractivity contribution >= 4 is 45.3 Å². The van der Waals surface area contributed by atoms with E-state index in [2.05, 4.69) is 29.5 Å². The third kappa shape index (κ3) is 4.77. The highest BCUT2D eigenvalue weighted by atomic mass is 32.1. The molecule has 2 N–H and O–H groups in total. The van der Waals surface area contributed by atoms with Crippen molar-refractivity contribution in [2.75, 3.05) is 10.6 Å². The zero-order chi connectivity index (χ0) is 18.5. The largest absolute Gasteiger partial charge is 0.326 e. The van der Waals surface area contributed by atoms with Crippen LogP contribution in [0.4, 0.5) is 10.8 Å². The molecule has 1 aromatic carbocycles. The van der Waals surface area contributed by atoms with Gasteiger partial charge in [0.15, 0.2) is 5.13 Å². The van der Waals surface area contributed by atoms with Gasteiger partial charge >= 0.3 is 0 Å². The number of aromatic nitrogens is 1. The number of nitrogens with zero attached hydrogens (tertiary/aromatic N) is 1. The second-order valence-corrected chi connectivity index (χ2v) is 7.75. The molecule has 0 fully saturated rings. The first-order chi connectivity index (χ1) is 12.5. The van der Waals surface area contributed by atoms with Crippen LogP contribution in [0.1, 0.15) is 41.4 Å². The minimum Gasteiger partial charge on any atom is -0.326 e. The molecule has 0 bridgehead atoms. The number of thiazole rings is 1. The van der Waals surface area contributed by atoms with Gasteiger partial charge < -0.3 is 5.32 Å². The van der Waals surface area contributed by atoms with Gasteiger partial charge in [-0.3, -0.25) is 14.9 Å². The molecule has 2 aromatic heterocycles. The Morgan fingerprint density at radius 3 is 2.50 bits per heavy atom. The average Bonchev–Trinajstić information content (AvgIpc) is 3.27. The van der Waals surface area contributed by atoms with Gasteiger partial charge in [0.2, 0.25) is 5.91 Å². The highest BCUT2D eigenvalue weighted by molar-refractivity contribution is 7.14. The predicted molar refractivity (Wildman–Crippen MR) is 107 cm³/mol. The van der Waals surface area contributed by atoms with E-state index in [1.54, 1.807) is 16.8 Å². The van der Waals surface area contributed by atoms with Gasteiger partial charge in [-0.1, -0.05) is 26.0 Å². The molecule has 0 aliphatic carbocycles. The maximum absolute atomic E-state index is 12.2. The monoisotopic (exact) mass is 385 g/mol. The van der Waals surface area contributed by atoms with Crippen molar-refractivity contribution in [3.63, 3.8) is 0 Å². The van der Waals surface area contributed by atoms with Crippen LogP contribution in [-0.4, -0.2) is 16.8 Å². The van der Waals surface area contributed by atoms with Crippen molar-refractivity contribution in [1.29, 1.82) is 0 Å². The van der Waals surface area contributed by atoms with Gasteiger partial charge in [0.1, 0.15) is 0 Å². The lowest BCUT2D eigenvalue weighted by Crippen LogP contribution is -2.15. The molecule has 3 rings (SSSR count). The van der Waals surface area contributed by atoms with Crippen LogP contribution in [0.5, 0.6) is 0 Å². The highest BCUT2D eigenvalue weighted by Gasteiger charge is 2.12. The third-order valence-electron chi connectivity index (χ3n) is 3.76. The molecule has 26 heavy (non-hydrogen) atoms. The van der Waals surface area contributed by atoms with Crippen LogP contribution in [0.2, 0.25) is 0 Å². The molecule has 0 aliphatic heterocycles. The van der Waals surface area contributed by atoms with E-state index < -0.39 is 0 Å². The van der Waals surface area contributed by atoms with Gasteiger partial charge in [-0.25, -0.2) is 4.98 Å². The first-order valence-electron chi connectivity index (χ1n) is 8.19. The number of amides is 2. The third-order valence-corrected chi connectivity index (χ3v) is 5.25. The zero-order valence-corrected chi connectivity index (χ0v) is 16.1. The van der Waals surface area contributed by atoms with Crippen LogP contribution in [-0.2, 0) is 11.2 Å². The minimum atomic E-state index is -0.193. The Morgan fingerprint density at radius 1 is 1.08 bits per heavy atom. The molecular formula is C19H19N3O2S2. The fraction of sp³-hybridized carbons (Fsp3) is 0.211. The summed E-state index contributed by atoms with van der Waals surface area (Å²) in [6.07, 6.45) is 0.163. The average molecular weight is 386 g/mol. The lowest BCUT2D eigenvalue weighted by Gasteiger charge is -2.08. The fourth-order valence-electron chi connectivity index (χ4n) is 2.33. The van der Waals surface area contributed by atoms with Gasteiger partial charge in [-0.15, -0.1) is 11.3 Å². The smallest absolute Gasteiger partial charge is 0.258 e. The van der Waals surface area contributed by atoms with Gasteiger partial charge in [0.25, 0.3) is 5.91 Å². The van der Waals surface area contributed by atoms with E-state index >= 15 is 0 Å². The Kier molecular flexibility index (Phi) is 5.80. The summed E-state index contributed by atoms with van der Waals surface area (Å²) in [6, 6.07) is 9.59. The van der Waals surface area contributed by atoms with Gasteiger partial charge in [-0.2, -0.15) is 11.3 Å². The van der Waals surface area contributed by atoms with Gasteiger partial charge in [0.05, 0.1) is 17.7 Å². The van der Waals surface area contributed by atoms with E-state index in [4.69, 9.17) is 0 Å². The summed E-state index contributed by atoms with van der Waals surface area (Å²) in [4.78, 5) is 28.5. The molecule has 134 valence electrons. The molecule has 2 heterocycles. The number of rotatable bonds is 6. The second-order valence-electron chi connectivity index (χ2n) is 6.11. The molecule has 5 nitrogen and oxygen atoms in total. The van der Waals surface area contributed by atoms with E-state index in [1.807, 2.05) is 29.6 Å². The standard InChI is InChI=1S/C19H19N3O2S2/c1-12(2)13-3-5-15(6-4-13)20-17(23)9-16-11-26-19(21-16)22-18(24)14-7-8-25-10-14/h3-8,10-12H,9H2,1-2H3,(H,20,23)(H,21,22,24). The normalized spacial score (nSPS) is 10.7. The van der Waals surface area contributed by atoms with Crippen molar-refractivity contribution in [2.24, 2.45) is 0 Å².